The van der Waals surface area contributed by atoms with E-state index in [4.69, 9.17) is 9.47 Å². The van der Waals surface area contributed by atoms with Crippen LogP contribution in [0.2, 0.25) is 0 Å². The molecule has 0 bridgehead atoms. The topological polar surface area (TPSA) is 93.6 Å². The van der Waals surface area contributed by atoms with E-state index in [0.29, 0.717) is 26.3 Å². The zero-order valence-corrected chi connectivity index (χ0v) is 16.8. The van der Waals surface area contributed by atoms with Crippen molar-refractivity contribution in [2.45, 2.75) is 26.5 Å². The fraction of sp³-hybridized carbons (Fsp3) is 0.474. The Morgan fingerprint density at radius 2 is 2.29 bits per heavy atom. The number of nitrogens with one attached hydrogen (secondary N) is 1. The first-order valence-electron chi connectivity index (χ1n) is 9.19. The van der Waals surface area contributed by atoms with Crippen molar-refractivity contribution >= 4 is 23.2 Å². The summed E-state index contributed by atoms with van der Waals surface area (Å²) < 4.78 is 10.7. The van der Waals surface area contributed by atoms with Gasteiger partial charge in [0.05, 0.1) is 25.4 Å². The minimum atomic E-state index is -0.681. The Labute approximate surface area is 167 Å². The molecule has 3 rings (SSSR count). The number of nitrogens with zero attached hydrogens (tertiary/aromatic N) is 3. The van der Waals surface area contributed by atoms with E-state index < -0.39 is 6.10 Å². The lowest BCUT2D eigenvalue weighted by Crippen LogP contribution is -2.52. The molecule has 0 aromatic carbocycles. The average Bonchev–Trinajstić information content (AvgIpc) is 3.20. The van der Waals surface area contributed by atoms with Gasteiger partial charge in [0.15, 0.2) is 6.10 Å². The molecule has 1 N–H and O–H groups in total. The van der Waals surface area contributed by atoms with Crippen molar-refractivity contribution in [1.82, 2.24) is 20.2 Å². The van der Waals surface area contributed by atoms with Crippen molar-refractivity contribution in [1.29, 1.82) is 0 Å². The molecule has 1 unspecified atom stereocenters. The SMILES string of the molecule is CCOCC(=O)N1CCOC(C(=O)NCc2nc(-c3ccc(C)nc3)cs2)C1. The largest absolute Gasteiger partial charge is 0.372 e. The second-order valence-corrected chi connectivity index (χ2v) is 7.31. The van der Waals surface area contributed by atoms with Crippen molar-refractivity contribution in [3.8, 4) is 11.3 Å². The summed E-state index contributed by atoms with van der Waals surface area (Å²) in [5.74, 6) is -0.373. The molecule has 0 spiro atoms. The van der Waals surface area contributed by atoms with Gasteiger partial charge in [-0.05, 0) is 26.0 Å². The van der Waals surface area contributed by atoms with Crippen LogP contribution in [0, 0.1) is 6.92 Å². The van der Waals surface area contributed by atoms with Crippen molar-refractivity contribution in [3.05, 3.63) is 34.4 Å². The monoisotopic (exact) mass is 404 g/mol. The maximum absolute atomic E-state index is 12.4. The van der Waals surface area contributed by atoms with Gasteiger partial charge in [0, 0.05) is 36.0 Å². The molecule has 2 aromatic rings. The third-order valence-corrected chi connectivity index (χ3v) is 5.16. The standard InChI is InChI=1S/C19H24N4O4S/c1-3-26-11-18(24)23-6-7-27-16(10-23)19(25)21-9-17-22-15(12-28-17)14-5-4-13(2)20-8-14/h4-5,8,12,16H,3,6-7,9-11H2,1-2H3,(H,21,25). The summed E-state index contributed by atoms with van der Waals surface area (Å²) in [6.45, 7) is 5.63. The highest BCUT2D eigenvalue weighted by molar-refractivity contribution is 7.09. The van der Waals surface area contributed by atoms with Gasteiger partial charge >= 0.3 is 0 Å². The van der Waals surface area contributed by atoms with Crippen LogP contribution in [0.5, 0.6) is 0 Å². The third-order valence-electron chi connectivity index (χ3n) is 4.31. The predicted molar refractivity (Wildman–Crippen MR) is 105 cm³/mol. The Bertz CT molecular complexity index is 809. The molecule has 1 atom stereocenters. The molecule has 9 heteroatoms. The van der Waals surface area contributed by atoms with Crippen LogP contribution in [0.4, 0.5) is 0 Å². The Morgan fingerprint density at radius 3 is 3.04 bits per heavy atom. The lowest BCUT2D eigenvalue weighted by Gasteiger charge is -2.32. The first-order chi connectivity index (χ1) is 13.6. The van der Waals surface area contributed by atoms with E-state index in [-0.39, 0.29) is 25.0 Å². The van der Waals surface area contributed by atoms with E-state index in [0.717, 1.165) is 22.0 Å². The Morgan fingerprint density at radius 1 is 1.43 bits per heavy atom. The van der Waals surface area contributed by atoms with Crippen LogP contribution in [0.3, 0.4) is 0 Å². The van der Waals surface area contributed by atoms with Crippen LogP contribution in [0.1, 0.15) is 17.6 Å². The first-order valence-corrected chi connectivity index (χ1v) is 10.1. The molecule has 0 radical (unpaired) electrons. The van der Waals surface area contributed by atoms with Crippen molar-refractivity contribution in [2.75, 3.05) is 32.9 Å². The molecule has 1 aliphatic heterocycles. The van der Waals surface area contributed by atoms with Gasteiger partial charge in [-0.15, -0.1) is 11.3 Å². The van der Waals surface area contributed by atoms with Gasteiger partial charge < -0.3 is 19.7 Å². The lowest BCUT2D eigenvalue weighted by atomic mass is 10.2. The van der Waals surface area contributed by atoms with Crippen LogP contribution in [0.25, 0.3) is 11.3 Å². The number of carbonyl (C=O) groups is 2. The molecule has 2 aromatic heterocycles. The number of thiazole rings is 1. The average molecular weight is 404 g/mol. The maximum Gasteiger partial charge on any atom is 0.251 e. The Hall–Kier alpha value is -2.36. The lowest BCUT2D eigenvalue weighted by molar-refractivity contribution is -0.150. The number of amides is 2. The summed E-state index contributed by atoms with van der Waals surface area (Å²) in [6, 6.07) is 3.92. The normalized spacial score (nSPS) is 16.8. The molecule has 150 valence electrons. The Kier molecular flexibility index (Phi) is 7.07. The van der Waals surface area contributed by atoms with Gasteiger partial charge in [0.1, 0.15) is 11.6 Å². The van der Waals surface area contributed by atoms with Gasteiger partial charge in [0.2, 0.25) is 5.91 Å². The molecule has 0 saturated carbocycles. The predicted octanol–water partition coefficient (Wildman–Crippen LogP) is 1.39. The van der Waals surface area contributed by atoms with Gasteiger partial charge in [-0.1, -0.05) is 0 Å². The third kappa shape index (κ3) is 5.34. The molecule has 1 saturated heterocycles. The second kappa shape index (κ2) is 9.72. The number of hydrogen-bond acceptors (Lipinski definition) is 7. The summed E-state index contributed by atoms with van der Waals surface area (Å²) in [4.78, 5) is 34.9. The minimum absolute atomic E-state index is 0.0284. The maximum atomic E-state index is 12.4. The number of ether oxygens (including phenoxy) is 2. The number of rotatable bonds is 7. The second-order valence-electron chi connectivity index (χ2n) is 6.37. The molecule has 3 heterocycles. The van der Waals surface area contributed by atoms with E-state index in [1.807, 2.05) is 31.4 Å². The van der Waals surface area contributed by atoms with E-state index in [1.54, 1.807) is 11.1 Å². The number of morpholine rings is 1. The highest BCUT2D eigenvalue weighted by atomic mass is 32.1. The number of aryl methyl sites for hydroxylation is 1. The smallest absolute Gasteiger partial charge is 0.251 e. The number of carbonyl (C=O) groups excluding carboxylic acids is 2. The van der Waals surface area contributed by atoms with Crippen molar-refractivity contribution in [2.24, 2.45) is 0 Å². The van der Waals surface area contributed by atoms with Crippen LogP contribution in [-0.2, 0) is 25.6 Å². The Balaban J connectivity index is 1.51. The van der Waals surface area contributed by atoms with E-state index in [2.05, 4.69) is 15.3 Å². The van der Waals surface area contributed by atoms with Gasteiger partial charge in [-0.2, -0.15) is 0 Å². The van der Waals surface area contributed by atoms with Gasteiger partial charge in [0.25, 0.3) is 5.91 Å². The molecule has 8 nitrogen and oxygen atoms in total. The number of pyridine rings is 1. The van der Waals surface area contributed by atoms with Crippen LogP contribution in [-0.4, -0.2) is 65.7 Å². The summed E-state index contributed by atoms with van der Waals surface area (Å²) in [5, 5.41) is 5.58. The summed E-state index contributed by atoms with van der Waals surface area (Å²) in [5.41, 5.74) is 2.73. The van der Waals surface area contributed by atoms with Crippen molar-refractivity contribution < 1.29 is 19.1 Å². The quantitative estimate of drug-likeness (QED) is 0.750. The minimum Gasteiger partial charge on any atom is -0.372 e. The zero-order chi connectivity index (χ0) is 19.9. The van der Waals surface area contributed by atoms with E-state index >= 15 is 0 Å². The molecule has 1 fully saturated rings. The fourth-order valence-electron chi connectivity index (χ4n) is 2.74. The van der Waals surface area contributed by atoms with Crippen LogP contribution < -0.4 is 5.32 Å². The number of hydrogen-bond donors (Lipinski definition) is 1. The molecule has 28 heavy (non-hydrogen) atoms. The highest BCUT2D eigenvalue weighted by Gasteiger charge is 2.29. The molecular weight excluding hydrogens is 380 g/mol. The van der Waals surface area contributed by atoms with E-state index in [9.17, 15) is 9.59 Å². The summed E-state index contributed by atoms with van der Waals surface area (Å²) in [7, 11) is 0. The van der Waals surface area contributed by atoms with Crippen LogP contribution in [0.15, 0.2) is 23.7 Å². The number of aromatic nitrogens is 2. The molecule has 1 aliphatic rings. The van der Waals surface area contributed by atoms with E-state index in [1.165, 1.54) is 11.3 Å². The van der Waals surface area contributed by atoms with Crippen molar-refractivity contribution in [3.63, 3.8) is 0 Å². The van der Waals surface area contributed by atoms with Gasteiger partial charge in [-0.25, -0.2) is 4.98 Å². The molecule has 0 aliphatic carbocycles. The highest BCUT2D eigenvalue weighted by Crippen LogP contribution is 2.21. The summed E-state index contributed by atoms with van der Waals surface area (Å²) >= 11 is 1.48. The summed E-state index contributed by atoms with van der Waals surface area (Å²) in [6.07, 6.45) is 1.11. The van der Waals surface area contributed by atoms with Gasteiger partial charge in [-0.3, -0.25) is 14.6 Å². The fourth-order valence-corrected chi connectivity index (χ4v) is 3.48. The molecule has 2 amide bonds. The van der Waals surface area contributed by atoms with Crippen LogP contribution >= 0.6 is 11.3 Å². The first kappa shape index (κ1) is 20.4. The molecular formula is C19H24N4O4S. The zero-order valence-electron chi connectivity index (χ0n) is 16.0.